The van der Waals surface area contributed by atoms with Crippen LogP contribution in [-0.4, -0.2) is 39.4 Å². The molecule has 0 radical (unpaired) electrons. The maximum absolute atomic E-state index is 13.1. The summed E-state index contributed by atoms with van der Waals surface area (Å²) < 4.78 is 40.7. The van der Waals surface area contributed by atoms with Gasteiger partial charge in [-0.1, -0.05) is 48.0 Å². The van der Waals surface area contributed by atoms with E-state index in [1.165, 1.54) is 21.6 Å². The van der Waals surface area contributed by atoms with Crippen molar-refractivity contribution in [3.63, 3.8) is 0 Å². The highest BCUT2D eigenvalue weighted by atomic mass is 19.4. The number of aryl methyl sites for hydroxylation is 1. The molecule has 1 aromatic heterocycles. The van der Waals surface area contributed by atoms with Gasteiger partial charge in [0.05, 0.1) is 11.3 Å². The summed E-state index contributed by atoms with van der Waals surface area (Å²) in [6.07, 6.45) is -2.82. The lowest BCUT2D eigenvalue weighted by Crippen LogP contribution is -2.38. The molecule has 4 aromatic rings. The van der Waals surface area contributed by atoms with Crippen LogP contribution < -0.4 is 5.32 Å². The van der Waals surface area contributed by atoms with Crippen LogP contribution in [-0.2, 0) is 11.0 Å². The number of halogens is 3. The standard InChI is InChI=1S/C28H25F3N4O2/c1-3-34(26(37)21-11-9-19(2)10-12-21)18-25(36)33-27-32-24(20-7-5-4-6-8-20)17-35(27)23-15-13-22(14-16-23)28(29,30)31/h4-17H,3,18H2,1-2H3,(H,32,33,36). The van der Waals surface area contributed by atoms with Gasteiger partial charge in [-0.25, -0.2) is 4.98 Å². The quantitative estimate of drug-likeness (QED) is 0.336. The van der Waals surface area contributed by atoms with E-state index in [-0.39, 0.29) is 18.4 Å². The van der Waals surface area contributed by atoms with E-state index in [0.717, 1.165) is 23.3 Å². The number of hydrogen-bond donors (Lipinski definition) is 1. The first-order chi connectivity index (χ1) is 17.7. The van der Waals surface area contributed by atoms with Crippen molar-refractivity contribution >= 4 is 17.8 Å². The molecule has 6 nitrogen and oxygen atoms in total. The number of nitrogens with one attached hydrogen (secondary N) is 1. The Morgan fingerprint density at radius 1 is 0.946 bits per heavy atom. The van der Waals surface area contributed by atoms with Gasteiger partial charge in [0.25, 0.3) is 5.91 Å². The van der Waals surface area contributed by atoms with E-state index in [1.54, 1.807) is 25.3 Å². The Bertz CT molecular complexity index is 1380. The highest BCUT2D eigenvalue weighted by molar-refractivity contribution is 5.99. The minimum absolute atomic E-state index is 0.127. The molecule has 0 fully saturated rings. The molecule has 0 aliphatic rings. The molecular formula is C28H25F3N4O2. The molecule has 0 spiro atoms. The maximum Gasteiger partial charge on any atom is 0.416 e. The molecule has 0 aliphatic carbocycles. The van der Waals surface area contributed by atoms with Crippen molar-refractivity contribution in [2.75, 3.05) is 18.4 Å². The molecule has 1 N–H and O–H groups in total. The number of rotatable bonds is 7. The average molecular weight is 507 g/mol. The summed E-state index contributed by atoms with van der Waals surface area (Å²) >= 11 is 0. The van der Waals surface area contributed by atoms with Gasteiger partial charge in [-0.05, 0) is 50.2 Å². The summed E-state index contributed by atoms with van der Waals surface area (Å²) in [5.41, 5.74) is 2.39. The SMILES string of the molecule is CCN(CC(=O)Nc1nc(-c2ccccc2)cn1-c1ccc(C(F)(F)F)cc1)C(=O)c1ccc(C)cc1. The molecule has 4 rings (SSSR count). The van der Waals surface area contributed by atoms with Crippen LogP contribution in [0.25, 0.3) is 16.9 Å². The van der Waals surface area contributed by atoms with Crippen LogP contribution in [0.4, 0.5) is 19.1 Å². The van der Waals surface area contributed by atoms with Crippen LogP contribution in [0.15, 0.2) is 85.1 Å². The minimum atomic E-state index is -4.46. The van der Waals surface area contributed by atoms with Gasteiger partial charge in [0.2, 0.25) is 11.9 Å². The Balaban J connectivity index is 1.60. The Morgan fingerprint density at radius 3 is 2.19 bits per heavy atom. The molecule has 2 amide bonds. The second-order valence-electron chi connectivity index (χ2n) is 8.46. The molecule has 190 valence electrons. The van der Waals surface area contributed by atoms with Crippen LogP contribution in [0, 0.1) is 6.92 Å². The molecule has 0 aliphatic heterocycles. The van der Waals surface area contributed by atoms with E-state index >= 15 is 0 Å². The van der Waals surface area contributed by atoms with E-state index in [4.69, 9.17) is 0 Å². The molecule has 3 aromatic carbocycles. The molecule has 1 heterocycles. The van der Waals surface area contributed by atoms with Gasteiger partial charge >= 0.3 is 6.18 Å². The third-order valence-corrected chi connectivity index (χ3v) is 5.80. The zero-order chi connectivity index (χ0) is 26.6. The smallest absolute Gasteiger partial charge is 0.330 e. The van der Waals surface area contributed by atoms with Crippen molar-refractivity contribution in [2.45, 2.75) is 20.0 Å². The fourth-order valence-electron chi connectivity index (χ4n) is 3.77. The van der Waals surface area contributed by atoms with Crippen molar-refractivity contribution in [3.05, 3.63) is 102 Å². The van der Waals surface area contributed by atoms with Gasteiger partial charge in [0, 0.05) is 29.6 Å². The lowest BCUT2D eigenvalue weighted by molar-refractivity contribution is -0.137. The third kappa shape index (κ3) is 6.06. The minimum Gasteiger partial charge on any atom is -0.330 e. The first kappa shape index (κ1) is 25.7. The summed E-state index contributed by atoms with van der Waals surface area (Å²) in [5, 5.41) is 2.72. The Kier molecular flexibility index (Phi) is 7.42. The van der Waals surface area contributed by atoms with Gasteiger partial charge < -0.3 is 4.90 Å². The van der Waals surface area contributed by atoms with Crippen molar-refractivity contribution in [2.24, 2.45) is 0 Å². The number of aromatic nitrogens is 2. The molecule has 0 saturated heterocycles. The lowest BCUT2D eigenvalue weighted by Gasteiger charge is -2.20. The second kappa shape index (κ2) is 10.7. The maximum atomic E-state index is 13.1. The van der Waals surface area contributed by atoms with Gasteiger partial charge in [-0.3, -0.25) is 19.5 Å². The van der Waals surface area contributed by atoms with E-state index in [1.807, 2.05) is 49.4 Å². The molecule has 37 heavy (non-hydrogen) atoms. The first-order valence-electron chi connectivity index (χ1n) is 11.6. The predicted molar refractivity (Wildman–Crippen MR) is 135 cm³/mol. The van der Waals surface area contributed by atoms with Gasteiger partial charge in [0.15, 0.2) is 0 Å². The first-order valence-corrected chi connectivity index (χ1v) is 11.6. The molecule has 0 unspecified atom stereocenters. The van der Waals surface area contributed by atoms with E-state index in [9.17, 15) is 22.8 Å². The van der Waals surface area contributed by atoms with Crippen LogP contribution in [0.5, 0.6) is 0 Å². The fraction of sp³-hybridized carbons (Fsp3) is 0.179. The zero-order valence-corrected chi connectivity index (χ0v) is 20.3. The number of benzene rings is 3. The number of nitrogens with zero attached hydrogens (tertiary/aromatic N) is 3. The number of hydrogen-bond acceptors (Lipinski definition) is 3. The molecule has 9 heteroatoms. The highest BCUT2D eigenvalue weighted by Gasteiger charge is 2.30. The number of anilines is 1. The van der Waals surface area contributed by atoms with Gasteiger partial charge in [-0.2, -0.15) is 13.2 Å². The number of likely N-dealkylation sites (N-methyl/N-ethyl adjacent to an activating group) is 1. The number of carbonyl (C=O) groups is 2. The molecular weight excluding hydrogens is 481 g/mol. The van der Waals surface area contributed by atoms with E-state index in [0.29, 0.717) is 23.5 Å². The predicted octanol–water partition coefficient (Wildman–Crippen LogP) is 5.97. The van der Waals surface area contributed by atoms with Crippen molar-refractivity contribution in [1.82, 2.24) is 14.5 Å². The fourth-order valence-corrected chi connectivity index (χ4v) is 3.77. The van der Waals surface area contributed by atoms with Crippen molar-refractivity contribution in [3.8, 4) is 16.9 Å². The molecule has 0 atom stereocenters. The molecule has 0 bridgehead atoms. The zero-order valence-electron chi connectivity index (χ0n) is 20.3. The van der Waals surface area contributed by atoms with Gasteiger partial charge in [0.1, 0.15) is 6.54 Å². The Morgan fingerprint density at radius 2 is 1.59 bits per heavy atom. The number of amides is 2. The topological polar surface area (TPSA) is 67.2 Å². The highest BCUT2D eigenvalue weighted by Crippen LogP contribution is 2.31. The Hall–Kier alpha value is -4.40. The second-order valence-corrected chi connectivity index (χ2v) is 8.46. The summed E-state index contributed by atoms with van der Waals surface area (Å²) in [5.74, 6) is -0.642. The summed E-state index contributed by atoms with van der Waals surface area (Å²) in [6.45, 7) is 3.78. The third-order valence-electron chi connectivity index (χ3n) is 5.80. The van der Waals surface area contributed by atoms with E-state index < -0.39 is 17.6 Å². The van der Waals surface area contributed by atoms with Crippen molar-refractivity contribution in [1.29, 1.82) is 0 Å². The van der Waals surface area contributed by atoms with Crippen LogP contribution in [0.3, 0.4) is 0 Å². The summed E-state index contributed by atoms with van der Waals surface area (Å²) in [7, 11) is 0. The lowest BCUT2D eigenvalue weighted by atomic mass is 10.1. The van der Waals surface area contributed by atoms with Crippen molar-refractivity contribution < 1.29 is 22.8 Å². The van der Waals surface area contributed by atoms with E-state index in [2.05, 4.69) is 10.3 Å². The van der Waals surface area contributed by atoms with Crippen LogP contribution >= 0.6 is 0 Å². The summed E-state index contributed by atoms with van der Waals surface area (Å²) in [4.78, 5) is 31.8. The Labute approximate surface area is 212 Å². The normalized spacial score (nSPS) is 11.3. The molecule has 0 saturated carbocycles. The monoisotopic (exact) mass is 506 g/mol. The number of carbonyl (C=O) groups excluding carboxylic acids is 2. The van der Waals surface area contributed by atoms with Crippen LogP contribution in [0.2, 0.25) is 0 Å². The number of imidazole rings is 1. The largest absolute Gasteiger partial charge is 0.416 e. The average Bonchev–Trinajstić information content (AvgIpc) is 3.31. The summed E-state index contributed by atoms with van der Waals surface area (Å²) in [6, 6.07) is 20.8. The van der Waals surface area contributed by atoms with Crippen LogP contribution in [0.1, 0.15) is 28.4 Å². The van der Waals surface area contributed by atoms with Gasteiger partial charge in [-0.15, -0.1) is 0 Å². The number of alkyl halides is 3.